The minimum atomic E-state index is -0.662. The molecule has 0 aliphatic rings. The summed E-state index contributed by atoms with van der Waals surface area (Å²) in [6.45, 7) is 0. The predicted octanol–water partition coefficient (Wildman–Crippen LogP) is 10.5. The van der Waals surface area contributed by atoms with Crippen LogP contribution in [0.2, 0.25) is 10.0 Å². The molecule has 7 rings (SSSR count). The lowest BCUT2D eigenvalue weighted by Crippen LogP contribution is -2.14. The molecule has 14 heteroatoms. The number of carbonyl (C=O) groups is 1. The molecule has 0 saturated heterocycles. The van der Waals surface area contributed by atoms with E-state index in [-0.39, 0.29) is 24.1 Å². The molecule has 0 bridgehead atoms. The van der Waals surface area contributed by atoms with Gasteiger partial charge in [0, 0.05) is 33.8 Å². The van der Waals surface area contributed by atoms with Gasteiger partial charge in [-0.3, -0.25) is 4.79 Å². The van der Waals surface area contributed by atoms with E-state index in [4.69, 9.17) is 54.7 Å². The zero-order valence-corrected chi connectivity index (χ0v) is 32.0. The summed E-state index contributed by atoms with van der Waals surface area (Å²) >= 11 is 21.2. The number of anilines is 2. The van der Waals surface area contributed by atoms with Gasteiger partial charge in [0.1, 0.15) is 11.3 Å². The van der Waals surface area contributed by atoms with Gasteiger partial charge in [0.25, 0.3) is 0 Å². The monoisotopic (exact) mass is 851 g/mol. The molecular weight excluding hydrogens is 821 g/mol. The van der Waals surface area contributed by atoms with Crippen molar-refractivity contribution in [1.29, 1.82) is 0 Å². The molecule has 3 N–H and O–H groups in total. The SMILES string of the molecule is C.COc1ccccc1CC(N)=S.O=C(CBr)c1cc2cccc(Cl)c2oc1=O.O=c1oc2c(Cl)cccc2cc1-c1csc(Nc2ccccc2)n1. The molecule has 0 atom stereocenters. The molecule has 0 fully saturated rings. The number of hydrogen-bond acceptors (Lipinski definition) is 10. The normalized spacial score (nSPS) is 10.3. The Morgan fingerprint density at radius 2 is 1.49 bits per heavy atom. The van der Waals surface area contributed by atoms with E-state index in [1.165, 1.54) is 17.4 Å². The van der Waals surface area contributed by atoms with Crippen LogP contribution in [-0.2, 0) is 6.42 Å². The van der Waals surface area contributed by atoms with Gasteiger partial charge in [0.2, 0.25) is 0 Å². The van der Waals surface area contributed by atoms with Crippen molar-refractivity contribution < 1.29 is 18.4 Å². The summed E-state index contributed by atoms with van der Waals surface area (Å²) in [6, 6.07) is 31.1. The fraction of sp³-hybridized carbons (Fsp3) is 0.103. The van der Waals surface area contributed by atoms with E-state index >= 15 is 0 Å². The Balaban J connectivity index is 0.000000189. The number of thiocarbonyl (C=S) groups is 1. The van der Waals surface area contributed by atoms with Crippen LogP contribution in [-0.4, -0.2) is 28.2 Å². The number of benzene rings is 4. The molecule has 272 valence electrons. The molecule has 0 saturated carbocycles. The number of nitrogens with two attached hydrogens (primary N) is 1. The van der Waals surface area contributed by atoms with Crippen LogP contribution in [0.4, 0.5) is 10.8 Å². The van der Waals surface area contributed by atoms with Crippen molar-refractivity contribution in [3.05, 3.63) is 151 Å². The number of fused-ring (bicyclic) bond motifs is 2. The molecule has 7 aromatic rings. The smallest absolute Gasteiger partial charge is 0.347 e. The van der Waals surface area contributed by atoms with Gasteiger partial charge in [0.05, 0.1) is 38.7 Å². The average molecular weight is 854 g/mol. The van der Waals surface area contributed by atoms with Crippen molar-refractivity contribution in [2.75, 3.05) is 17.8 Å². The van der Waals surface area contributed by atoms with E-state index in [2.05, 4.69) is 26.2 Å². The Kier molecular flexibility index (Phi) is 14.9. The molecule has 0 radical (unpaired) electrons. The number of alkyl halides is 1. The summed E-state index contributed by atoms with van der Waals surface area (Å²) in [6.07, 6.45) is 0.597. The highest BCUT2D eigenvalue weighted by molar-refractivity contribution is 9.09. The van der Waals surface area contributed by atoms with E-state index in [0.717, 1.165) is 22.4 Å². The molecule has 0 aliphatic carbocycles. The maximum absolute atomic E-state index is 12.3. The molecular formula is C39H32BrCl2N3O6S2. The first-order chi connectivity index (χ1) is 25.1. The van der Waals surface area contributed by atoms with E-state index in [9.17, 15) is 14.4 Å². The van der Waals surface area contributed by atoms with Crippen molar-refractivity contribution >= 4 is 106 Å². The third kappa shape index (κ3) is 10.6. The van der Waals surface area contributed by atoms with Crippen molar-refractivity contribution in [3.63, 3.8) is 0 Å². The highest BCUT2D eigenvalue weighted by Gasteiger charge is 2.14. The predicted molar refractivity (Wildman–Crippen MR) is 224 cm³/mol. The molecule has 9 nitrogen and oxygen atoms in total. The number of methoxy groups -OCH3 is 1. The number of Topliss-reactive ketones (excluding diaryl/α,β-unsaturated/α-hetero) is 1. The summed E-state index contributed by atoms with van der Waals surface area (Å²) in [4.78, 5) is 40.2. The lowest BCUT2D eigenvalue weighted by molar-refractivity contribution is 0.102. The van der Waals surface area contributed by atoms with Gasteiger partial charge < -0.3 is 24.6 Å². The Morgan fingerprint density at radius 3 is 2.11 bits per heavy atom. The Labute approximate surface area is 332 Å². The first-order valence-electron chi connectivity index (χ1n) is 15.3. The maximum atomic E-state index is 12.3. The third-order valence-corrected chi connectivity index (χ3v) is 9.21. The van der Waals surface area contributed by atoms with Crippen LogP contribution >= 0.6 is 62.7 Å². The number of thiazole rings is 1. The van der Waals surface area contributed by atoms with Gasteiger partial charge in [-0.25, -0.2) is 14.6 Å². The van der Waals surface area contributed by atoms with E-state index < -0.39 is 11.3 Å². The number of para-hydroxylation sites is 4. The standard InChI is InChI=1S/C18H11ClN2O2S.C11H6BrClO3.C9H11NOS.CH4/c19-14-8-4-5-11-9-13(17(22)23-16(11)14)15-10-24-18(21-15)20-12-6-2-1-3-7-12;12-5-9(14)7-4-6-2-1-3-8(13)10(6)16-11(7)15;1-11-8-5-3-2-4-7(8)6-9(10)12;/h1-10H,(H,20,21);1-4H,5H2;2-5H,6H2,1H3,(H2,10,12);1H4. The van der Waals surface area contributed by atoms with Crippen LogP contribution in [0.3, 0.4) is 0 Å². The number of nitrogens with zero attached hydrogens (tertiary/aromatic N) is 1. The second-order valence-corrected chi connectivity index (χ2v) is 13.5. The quantitative estimate of drug-likeness (QED) is 0.0658. The largest absolute Gasteiger partial charge is 0.496 e. The third-order valence-electron chi connectivity index (χ3n) is 7.21. The number of aromatic nitrogens is 1. The Morgan fingerprint density at radius 1 is 0.887 bits per heavy atom. The van der Waals surface area contributed by atoms with Crippen LogP contribution in [0.1, 0.15) is 23.3 Å². The lowest BCUT2D eigenvalue weighted by atomic mass is 10.1. The Bertz CT molecular complexity index is 2490. The Hall–Kier alpha value is -4.85. The van der Waals surface area contributed by atoms with Gasteiger partial charge in [-0.05, 0) is 42.5 Å². The highest BCUT2D eigenvalue weighted by atomic mass is 79.9. The van der Waals surface area contributed by atoms with Crippen molar-refractivity contribution in [2.45, 2.75) is 13.8 Å². The first-order valence-corrected chi connectivity index (χ1v) is 18.5. The van der Waals surface area contributed by atoms with Crippen molar-refractivity contribution in [1.82, 2.24) is 4.98 Å². The molecule has 0 amide bonds. The number of ketones is 1. The number of carbonyl (C=O) groups excluding carboxylic acids is 1. The fourth-order valence-corrected chi connectivity index (χ4v) is 6.43. The molecule has 0 spiro atoms. The molecule has 0 unspecified atom stereocenters. The fourth-order valence-electron chi connectivity index (χ4n) is 4.80. The van der Waals surface area contributed by atoms with Crippen molar-refractivity contribution in [3.8, 4) is 17.0 Å². The van der Waals surface area contributed by atoms with Gasteiger partial charge in [0.15, 0.2) is 22.1 Å². The topological polar surface area (TPSA) is 138 Å². The van der Waals surface area contributed by atoms with Crippen LogP contribution < -0.4 is 27.0 Å². The zero-order chi connectivity index (χ0) is 37.2. The van der Waals surface area contributed by atoms with Crippen LogP contribution in [0, 0.1) is 0 Å². The summed E-state index contributed by atoms with van der Waals surface area (Å²) in [5.41, 5.74) is 8.02. The summed E-state index contributed by atoms with van der Waals surface area (Å²) in [5.74, 6) is 0.529. The number of halogens is 3. The second kappa shape index (κ2) is 19.3. The summed E-state index contributed by atoms with van der Waals surface area (Å²) < 4.78 is 15.5. The number of rotatable bonds is 8. The molecule has 3 heterocycles. The molecule has 0 aliphatic heterocycles. The molecule has 53 heavy (non-hydrogen) atoms. The average Bonchev–Trinajstić information content (AvgIpc) is 3.60. The van der Waals surface area contributed by atoms with E-state index in [0.29, 0.717) is 54.4 Å². The van der Waals surface area contributed by atoms with Crippen LogP contribution in [0.5, 0.6) is 5.75 Å². The minimum absolute atomic E-state index is 0. The van der Waals surface area contributed by atoms with Crippen LogP contribution in [0.15, 0.2) is 127 Å². The van der Waals surface area contributed by atoms with E-state index in [1.54, 1.807) is 37.4 Å². The molecule has 4 aromatic carbocycles. The minimum Gasteiger partial charge on any atom is -0.496 e. The van der Waals surface area contributed by atoms with Gasteiger partial charge in [-0.1, -0.05) is 119 Å². The number of hydrogen-bond donors (Lipinski definition) is 2. The molecule has 3 aromatic heterocycles. The lowest BCUT2D eigenvalue weighted by Gasteiger charge is -2.05. The summed E-state index contributed by atoms with van der Waals surface area (Å²) in [5, 5.41) is 8.01. The highest BCUT2D eigenvalue weighted by Crippen LogP contribution is 2.29. The zero-order valence-electron chi connectivity index (χ0n) is 27.2. The summed E-state index contributed by atoms with van der Waals surface area (Å²) in [7, 11) is 1.64. The van der Waals surface area contributed by atoms with Crippen LogP contribution in [0.25, 0.3) is 33.2 Å². The number of nitrogens with one attached hydrogen (secondary N) is 1. The van der Waals surface area contributed by atoms with Gasteiger partial charge in [-0.15, -0.1) is 11.3 Å². The van der Waals surface area contributed by atoms with E-state index in [1.807, 2.05) is 72.1 Å². The van der Waals surface area contributed by atoms with Gasteiger partial charge in [-0.2, -0.15) is 0 Å². The maximum Gasteiger partial charge on any atom is 0.347 e. The second-order valence-electron chi connectivity index (χ2n) is 10.8. The first kappa shape index (κ1) is 40.9. The number of ether oxygens (including phenoxy) is 1. The van der Waals surface area contributed by atoms with Crippen molar-refractivity contribution in [2.24, 2.45) is 5.73 Å². The van der Waals surface area contributed by atoms with Gasteiger partial charge >= 0.3 is 11.3 Å².